The van der Waals surface area contributed by atoms with Crippen LogP contribution in [0.4, 0.5) is 0 Å². The third kappa shape index (κ3) is 0.886. The Morgan fingerprint density at radius 1 is 1.36 bits per heavy atom. The molecule has 0 aliphatic carbocycles. The summed E-state index contributed by atoms with van der Waals surface area (Å²) < 4.78 is 1.74. The fourth-order valence-electron chi connectivity index (χ4n) is 1.03. The molecule has 2 heterocycles. The van der Waals surface area contributed by atoms with Gasteiger partial charge < -0.3 is 0 Å². The summed E-state index contributed by atoms with van der Waals surface area (Å²) >= 11 is 5.85. The molecule has 0 saturated heterocycles. The second-order valence-corrected chi connectivity index (χ2v) is 2.73. The summed E-state index contributed by atoms with van der Waals surface area (Å²) in [5.74, 6) is 0. The zero-order chi connectivity index (χ0) is 7.84. The highest BCUT2D eigenvalue weighted by atomic mass is 35.5. The van der Waals surface area contributed by atoms with Crippen molar-refractivity contribution in [2.75, 3.05) is 0 Å². The van der Waals surface area contributed by atoms with E-state index < -0.39 is 0 Å². The third-order valence-electron chi connectivity index (χ3n) is 1.63. The molecule has 2 aromatic heterocycles. The number of pyridine rings is 1. The molecule has 0 bridgehead atoms. The highest BCUT2D eigenvalue weighted by molar-refractivity contribution is 6.35. The van der Waals surface area contributed by atoms with Gasteiger partial charge in [0.15, 0.2) is 0 Å². The highest BCUT2D eigenvalue weighted by Gasteiger charge is 2.01. The zero-order valence-electron chi connectivity index (χ0n) is 5.95. The minimum atomic E-state index is 0.649. The molecule has 0 N–H and O–H groups in total. The smallest absolute Gasteiger partial charge is 0.0877 e. The molecule has 3 nitrogen and oxygen atoms in total. The minimum absolute atomic E-state index is 0.649. The standard InChI is InChI=1S/C7H6ClN3/c1-11-7-4-9-3-6(8)5(7)2-10-11/h2-4H,1H3. The van der Waals surface area contributed by atoms with Crippen LogP contribution in [0.3, 0.4) is 0 Å². The fraction of sp³-hybridized carbons (Fsp3) is 0.143. The summed E-state index contributed by atoms with van der Waals surface area (Å²) in [6.45, 7) is 0. The number of hydrogen-bond acceptors (Lipinski definition) is 2. The van der Waals surface area contributed by atoms with Crippen molar-refractivity contribution in [2.45, 2.75) is 0 Å². The molecule has 0 aliphatic heterocycles. The normalized spacial score (nSPS) is 10.7. The Labute approximate surface area is 68.6 Å². The van der Waals surface area contributed by atoms with Crippen LogP contribution in [0, 0.1) is 0 Å². The van der Waals surface area contributed by atoms with Gasteiger partial charge in [-0.2, -0.15) is 5.10 Å². The van der Waals surface area contributed by atoms with Crippen molar-refractivity contribution >= 4 is 22.5 Å². The molecule has 2 aromatic rings. The SMILES string of the molecule is Cn1ncc2c(Cl)cncc21. The average molecular weight is 168 g/mol. The van der Waals surface area contributed by atoms with Crippen LogP contribution in [-0.2, 0) is 7.05 Å². The van der Waals surface area contributed by atoms with Crippen molar-refractivity contribution in [2.24, 2.45) is 7.05 Å². The van der Waals surface area contributed by atoms with E-state index in [1.165, 1.54) is 0 Å². The number of nitrogens with zero attached hydrogens (tertiary/aromatic N) is 3. The van der Waals surface area contributed by atoms with Gasteiger partial charge in [0.25, 0.3) is 0 Å². The quantitative estimate of drug-likeness (QED) is 0.597. The van der Waals surface area contributed by atoms with Crippen LogP contribution >= 0.6 is 11.6 Å². The molecule has 4 heteroatoms. The molecular weight excluding hydrogens is 162 g/mol. The molecule has 0 saturated carbocycles. The van der Waals surface area contributed by atoms with Crippen LogP contribution < -0.4 is 0 Å². The number of rotatable bonds is 0. The van der Waals surface area contributed by atoms with Crippen LogP contribution in [-0.4, -0.2) is 14.8 Å². The molecule has 0 radical (unpaired) electrons. The molecule has 2 rings (SSSR count). The Balaban J connectivity index is 2.94. The maximum Gasteiger partial charge on any atom is 0.0877 e. The number of aryl methyl sites for hydroxylation is 1. The van der Waals surface area contributed by atoms with E-state index in [9.17, 15) is 0 Å². The van der Waals surface area contributed by atoms with Crippen LogP contribution in [0.5, 0.6) is 0 Å². The van der Waals surface area contributed by atoms with Gasteiger partial charge in [-0.25, -0.2) is 0 Å². The fourth-order valence-corrected chi connectivity index (χ4v) is 1.23. The van der Waals surface area contributed by atoms with Crippen molar-refractivity contribution in [3.63, 3.8) is 0 Å². The van der Waals surface area contributed by atoms with Gasteiger partial charge in [-0.15, -0.1) is 0 Å². The summed E-state index contributed by atoms with van der Waals surface area (Å²) in [4.78, 5) is 3.95. The molecular formula is C7H6ClN3. The predicted octanol–water partition coefficient (Wildman–Crippen LogP) is 1.62. The lowest BCUT2D eigenvalue weighted by atomic mass is 10.3. The first-order valence-corrected chi connectivity index (χ1v) is 3.58. The Hall–Kier alpha value is -1.09. The largest absolute Gasteiger partial charge is 0.266 e. The monoisotopic (exact) mass is 167 g/mol. The molecule has 0 amide bonds. The van der Waals surface area contributed by atoms with Crippen molar-refractivity contribution in [3.8, 4) is 0 Å². The second kappa shape index (κ2) is 2.20. The first-order valence-electron chi connectivity index (χ1n) is 3.20. The molecule has 0 unspecified atom stereocenters. The van der Waals surface area contributed by atoms with E-state index in [0.717, 1.165) is 10.9 Å². The second-order valence-electron chi connectivity index (χ2n) is 2.32. The van der Waals surface area contributed by atoms with Crippen molar-refractivity contribution in [3.05, 3.63) is 23.6 Å². The minimum Gasteiger partial charge on any atom is -0.266 e. The van der Waals surface area contributed by atoms with Crippen molar-refractivity contribution < 1.29 is 0 Å². The lowest BCUT2D eigenvalue weighted by molar-refractivity contribution is 0.795. The van der Waals surface area contributed by atoms with Crippen LogP contribution in [0.1, 0.15) is 0 Å². The molecule has 0 aliphatic rings. The van der Waals surface area contributed by atoms with Crippen LogP contribution in [0.2, 0.25) is 5.02 Å². The molecule has 56 valence electrons. The maximum absolute atomic E-state index is 5.85. The molecule has 0 aromatic carbocycles. The van der Waals surface area contributed by atoms with Gasteiger partial charge >= 0.3 is 0 Å². The lowest BCUT2D eigenvalue weighted by Gasteiger charge is -1.92. The van der Waals surface area contributed by atoms with Crippen molar-refractivity contribution in [1.29, 1.82) is 0 Å². The summed E-state index contributed by atoms with van der Waals surface area (Å²) in [6, 6.07) is 0. The Morgan fingerprint density at radius 3 is 2.91 bits per heavy atom. The topological polar surface area (TPSA) is 30.7 Å². The molecule has 0 fully saturated rings. The number of aromatic nitrogens is 3. The number of fused-ring (bicyclic) bond motifs is 1. The van der Waals surface area contributed by atoms with Gasteiger partial charge in [0, 0.05) is 18.6 Å². The molecule has 0 atom stereocenters. The summed E-state index contributed by atoms with van der Waals surface area (Å²) in [7, 11) is 1.86. The summed E-state index contributed by atoms with van der Waals surface area (Å²) in [5.41, 5.74) is 0.956. The number of hydrogen-bond donors (Lipinski definition) is 0. The van der Waals surface area contributed by atoms with Gasteiger partial charge in [0.05, 0.1) is 22.9 Å². The molecule has 0 spiro atoms. The van der Waals surface area contributed by atoms with E-state index in [0.29, 0.717) is 5.02 Å². The van der Waals surface area contributed by atoms with Gasteiger partial charge in [-0.1, -0.05) is 11.6 Å². The Bertz CT molecular complexity index is 393. The van der Waals surface area contributed by atoms with E-state index in [2.05, 4.69) is 10.1 Å². The highest BCUT2D eigenvalue weighted by Crippen LogP contribution is 2.19. The van der Waals surface area contributed by atoms with E-state index >= 15 is 0 Å². The Kier molecular flexibility index (Phi) is 1.32. The molecule has 11 heavy (non-hydrogen) atoms. The maximum atomic E-state index is 5.85. The van der Waals surface area contributed by atoms with Gasteiger partial charge in [0.1, 0.15) is 0 Å². The van der Waals surface area contributed by atoms with Crippen LogP contribution in [0.15, 0.2) is 18.6 Å². The van der Waals surface area contributed by atoms with Crippen LogP contribution in [0.25, 0.3) is 10.9 Å². The van der Waals surface area contributed by atoms with E-state index in [1.54, 1.807) is 23.3 Å². The lowest BCUT2D eigenvalue weighted by Crippen LogP contribution is -1.88. The summed E-state index contributed by atoms with van der Waals surface area (Å²) in [6.07, 6.45) is 5.10. The van der Waals surface area contributed by atoms with E-state index in [1.807, 2.05) is 7.05 Å². The van der Waals surface area contributed by atoms with Gasteiger partial charge in [-0.3, -0.25) is 9.67 Å². The van der Waals surface area contributed by atoms with Crippen molar-refractivity contribution in [1.82, 2.24) is 14.8 Å². The van der Waals surface area contributed by atoms with Gasteiger partial charge in [0.2, 0.25) is 0 Å². The average Bonchev–Trinajstić information content (AvgIpc) is 2.35. The van der Waals surface area contributed by atoms with E-state index in [4.69, 9.17) is 11.6 Å². The zero-order valence-corrected chi connectivity index (χ0v) is 6.71. The van der Waals surface area contributed by atoms with Gasteiger partial charge in [-0.05, 0) is 0 Å². The Morgan fingerprint density at radius 2 is 2.18 bits per heavy atom. The van der Waals surface area contributed by atoms with E-state index in [-0.39, 0.29) is 0 Å². The third-order valence-corrected chi connectivity index (χ3v) is 1.93. The predicted molar refractivity (Wildman–Crippen MR) is 43.5 cm³/mol. The number of halogens is 1. The first-order chi connectivity index (χ1) is 5.29. The summed E-state index contributed by atoms with van der Waals surface area (Å²) in [5, 5.41) is 5.65. The first kappa shape index (κ1) is 6.61.